The number of likely N-dealkylation sites (tertiary alicyclic amines) is 1. The number of aromatic nitrogens is 4. The van der Waals surface area contributed by atoms with E-state index in [0.717, 1.165) is 56.0 Å². The number of nitrogens with one attached hydrogen (secondary N) is 1. The lowest BCUT2D eigenvalue weighted by Gasteiger charge is -2.32. The number of hydrogen-bond donors (Lipinski definition) is 1. The maximum Gasteiger partial charge on any atom is 0.251 e. The van der Waals surface area contributed by atoms with Gasteiger partial charge in [-0.05, 0) is 44.2 Å². The van der Waals surface area contributed by atoms with E-state index in [0.29, 0.717) is 11.7 Å². The maximum atomic E-state index is 12.2. The Labute approximate surface area is 169 Å². The Morgan fingerprint density at radius 1 is 1.39 bits per heavy atom. The zero-order valence-electron chi connectivity index (χ0n) is 16.5. The van der Waals surface area contributed by atoms with Gasteiger partial charge < -0.3 is 4.98 Å². The molecule has 0 amide bonds. The monoisotopic (exact) mass is 397 g/mol. The van der Waals surface area contributed by atoms with Gasteiger partial charge in [-0.25, -0.2) is 4.98 Å². The molecule has 0 saturated carbocycles. The topological polar surface area (TPSA) is 66.8 Å². The first-order chi connectivity index (χ1) is 13.6. The van der Waals surface area contributed by atoms with Crippen molar-refractivity contribution in [2.45, 2.75) is 52.1 Å². The number of hydrogen-bond acceptors (Lipinski definition) is 5. The van der Waals surface area contributed by atoms with Crippen molar-refractivity contribution in [1.82, 2.24) is 24.6 Å². The Kier molecular flexibility index (Phi) is 5.73. The summed E-state index contributed by atoms with van der Waals surface area (Å²) in [5, 5.41) is 6.54. The fraction of sp³-hybridized carbons (Fsp3) is 0.476. The quantitative estimate of drug-likeness (QED) is 0.687. The number of aromatic amines is 1. The Morgan fingerprint density at radius 2 is 2.29 bits per heavy atom. The molecule has 6 nitrogen and oxygen atoms in total. The van der Waals surface area contributed by atoms with Crippen molar-refractivity contribution in [2.75, 3.05) is 13.1 Å². The van der Waals surface area contributed by atoms with Gasteiger partial charge in [-0.3, -0.25) is 14.4 Å². The standard InChI is InChI=1S/C21H27N5OS/c1-3-8-26-15(2)17(12-22-26)14-25-9-4-6-16(13-25)18-11-20(27)24-21(23-18)19-7-5-10-28-19/h5,7,10-12,16H,3-4,6,8-9,13-14H2,1-2H3,(H,23,24,27). The lowest BCUT2D eigenvalue weighted by molar-refractivity contribution is 0.198. The number of H-pyrrole nitrogens is 1. The van der Waals surface area contributed by atoms with E-state index in [-0.39, 0.29) is 5.56 Å². The van der Waals surface area contributed by atoms with Crippen LogP contribution in [-0.2, 0) is 13.1 Å². The van der Waals surface area contributed by atoms with Crippen LogP contribution >= 0.6 is 11.3 Å². The summed E-state index contributed by atoms with van der Waals surface area (Å²) in [7, 11) is 0. The number of rotatable bonds is 6. The highest BCUT2D eigenvalue weighted by Crippen LogP contribution is 2.28. The van der Waals surface area contributed by atoms with Crippen molar-refractivity contribution in [3.05, 3.63) is 57.1 Å². The van der Waals surface area contributed by atoms with E-state index >= 15 is 0 Å². The summed E-state index contributed by atoms with van der Waals surface area (Å²) in [5.41, 5.74) is 3.41. The molecule has 1 N–H and O–H groups in total. The van der Waals surface area contributed by atoms with Crippen molar-refractivity contribution in [3.63, 3.8) is 0 Å². The van der Waals surface area contributed by atoms with E-state index in [1.165, 1.54) is 11.3 Å². The van der Waals surface area contributed by atoms with Crippen molar-refractivity contribution < 1.29 is 0 Å². The Balaban J connectivity index is 1.51. The molecule has 1 aliphatic heterocycles. The molecule has 28 heavy (non-hydrogen) atoms. The van der Waals surface area contributed by atoms with Crippen LogP contribution in [0.3, 0.4) is 0 Å². The molecule has 148 valence electrons. The van der Waals surface area contributed by atoms with Crippen LogP contribution in [0.15, 0.2) is 34.6 Å². The molecule has 0 aliphatic carbocycles. The molecule has 0 aromatic carbocycles. The van der Waals surface area contributed by atoms with Crippen molar-refractivity contribution >= 4 is 11.3 Å². The smallest absolute Gasteiger partial charge is 0.251 e. The highest BCUT2D eigenvalue weighted by molar-refractivity contribution is 7.13. The molecule has 4 heterocycles. The molecule has 1 unspecified atom stereocenters. The third-order valence-corrected chi connectivity index (χ3v) is 6.35. The molecule has 1 fully saturated rings. The van der Waals surface area contributed by atoms with Gasteiger partial charge in [0.2, 0.25) is 0 Å². The molecule has 1 saturated heterocycles. The predicted molar refractivity (Wildman–Crippen MR) is 113 cm³/mol. The molecule has 3 aromatic heterocycles. The number of thiophene rings is 1. The highest BCUT2D eigenvalue weighted by Gasteiger charge is 2.24. The average Bonchev–Trinajstić information content (AvgIpc) is 3.34. The van der Waals surface area contributed by atoms with Gasteiger partial charge in [0.25, 0.3) is 5.56 Å². The van der Waals surface area contributed by atoms with Gasteiger partial charge in [0.15, 0.2) is 0 Å². The van der Waals surface area contributed by atoms with Crippen LogP contribution < -0.4 is 5.56 Å². The third kappa shape index (κ3) is 4.10. The molecule has 7 heteroatoms. The van der Waals surface area contributed by atoms with E-state index in [1.54, 1.807) is 17.4 Å². The molecular formula is C21H27N5OS. The van der Waals surface area contributed by atoms with Gasteiger partial charge in [0, 0.05) is 42.9 Å². The number of piperidine rings is 1. The largest absolute Gasteiger partial charge is 0.306 e. The molecule has 0 radical (unpaired) electrons. The van der Waals surface area contributed by atoms with Crippen molar-refractivity contribution in [1.29, 1.82) is 0 Å². The predicted octanol–water partition coefficient (Wildman–Crippen LogP) is 3.79. The summed E-state index contributed by atoms with van der Waals surface area (Å²) in [6.45, 7) is 8.22. The second kappa shape index (κ2) is 8.41. The first-order valence-electron chi connectivity index (χ1n) is 10.0. The van der Waals surface area contributed by atoms with E-state index in [9.17, 15) is 4.79 Å². The van der Waals surface area contributed by atoms with Crippen LogP contribution in [0.25, 0.3) is 10.7 Å². The Hall–Kier alpha value is -2.25. The fourth-order valence-electron chi connectivity index (χ4n) is 3.97. The molecule has 4 rings (SSSR count). The second-order valence-corrected chi connectivity index (χ2v) is 8.50. The van der Waals surface area contributed by atoms with Gasteiger partial charge in [-0.15, -0.1) is 11.3 Å². The molecule has 0 spiro atoms. The Bertz CT molecular complexity index is 975. The number of nitrogens with zero attached hydrogens (tertiary/aromatic N) is 4. The lowest BCUT2D eigenvalue weighted by Crippen LogP contribution is -2.34. The summed E-state index contributed by atoms with van der Waals surface area (Å²) >= 11 is 1.60. The van der Waals surface area contributed by atoms with Crippen molar-refractivity contribution in [3.8, 4) is 10.7 Å². The van der Waals surface area contributed by atoms with Crippen LogP contribution in [0.1, 0.15) is 49.1 Å². The molecule has 1 atom stereocenters. The van der Waals surface area contributed by atoms with E-state index in [1.807, 2.05) is 23.7 Å². The van der Waals surface area contributed by atoms with Crippen molar-refractivity contribution in [2.24, 2.45) is 0 Å². The minimum atomic E-state index is -0.0674. The van der Waals surface area contributed by atoms with Crippen LogP contribution in [0.5, 0.6) is 0 Å². The summed E-state index contributed by atoms with van der Waals surface area (Å²) in [4.78, 5) is 23.4. The zero-order valence-corrected chi connectivity index (χ0v) is 17.3. The molecule has 0 bridgehead atoms. The number of aryl methyl sites for hydroxylation is 1. The summed E-state index contributed by atoms with van der Waals surface area (Å²) < 4.78 is 2.10. The first-order valence-corrected chi connectivity index (χ1v) is 10.9. The Morgan fingerprint density at radius 3 is 3.07 bits per heavy atom. The third-order valence-electron chi connectivity index (χ3n) is 5.47. The van der Waals surface area contributed by atoms with E-state index in [2.05, 4.69) is 33.5 Å². The molecule has 1 aliphatic rings. The molecular weight excluding hydrogens is 370 g/mol. The van der Waals surface area contributed by atoms with Gasteiger partial charge >= 0.3 is 0 Å². The van der Waals surface area contributed by atoms with Gasteiger partial charge in [0.1, 0.15) is 5.82 Å². The SMILES string of the molecule is CCCn1ncc(CN2CCCC(c3cc(=O)[nH]c(-c4cccs4)n3)C2)c1C. The van der Waals surface area contributed by atoms with E-state index in [4.69, 9.17) is 4.98 Å². The summed E-state index contributed by atoms with van der Waals surface area (Å²) in [5.74, 6) is 0.979. The normalized spacial score (nSPS) is 17.9. The summed E-state index contributed by atoms with van der Waals surface area (Å²) in [6.07, 6.45) is 5.30. The van der Waals surface area contributed by atoms with Gasteiger partial charge in [-0.1, -0.05) is 13.0 Å². The fourth-order valence-corrected chi connectivity index (χ4v) is 4.64. The van der Waals surface area contributed by atoms with Crippen LogP contribution in [0.2, 0.25) is 0 Å². The first kappa shape index (κ1) is 19.1. The van der Waals surface area contributed by atoms with Gasteiger partial charge in [-0.2, -0.15) is 5.10 Å². The highest BCUT2D eigenvalue weighted by atomic mass is 32.1. The zero-order chi connectivity index (χ0) is 19.5. The van der Waals surface area contributed by atoms with E-state index < -0.39 is 0 Å². The van der Waals surface area contributed by atoms with Crippen LogP contribution in [-0.4, -0.2) is 37.7 Å². The summed E-state index contributed by atoms with van der Waals surface area (Å²) in [6, 6.07) is 5.66. The van der Waals surface area contributed by atoms with Gasteiger partial charge in [0.05, 0.1) is 16.8 Å². The average molecular weight is 398 g/mol. The maximum absolute atomic E-state index is 12.2. The minimum Gasteiger partial charge on any atom is -0.306 e. The minimum absolute atomic E-state index is 0.0674. The van der Waals surface area contributed by atoms with Crippen LogP contribution in [0, 0.1) is 6.92 Å². The second-order valence-electron chi connectivity index (χ2n) is 7.55. The lowest BCUT2D eigenvalue weighted by atomic mass is 9.94. The van der Waals surface area contributed by atoms with Crippen LogP contribution in [0.4, 0.5) is 0 Å². The molecule has 3 aromatic rings.